The second-order valence-electron chi connectivity index (χ2n) is 9.74. The minimum Gasteiger partial charge on any atom is -0.168 e. The molecule has 0 aliphatic heterocycles. The first-order chi connectivity index (χ1) is 22.1. The van der Waals surface area contributed by atoms with Crippen molar-refractivity contribution in [2.75, 3.05) is 0 Å². The molecule has 6 aromatic carbocycles. The number of carbonyl (C=O) groups excluding carboxylic acids is 2. The van der Waals surface area contributed by atoms with E-state index in [0.29, 0.717) is 12.8 Å². The normalized spacial score (nSPS) is 9.96. The van der Waals surface area contributed by atoms with Gasteiger partial charge in [-0.1, -0.05) is 54.6 Å². The molecule has 0 aliphatic rings. The Labute approximate surface area is 300 Å². The van der Waals surface area contributed by atoms with Gasteiger partial charge < -0.3 is 0 Å². The number of allylic oxidation sites excluding steroid dienone is 2. The molecular formula is C40H39GaN2O2Zr. The molecule has 0 fully saturated rings. The van der Waals surface area contributed by atoms with E-state index >= 15 is 0 Å². The van der Waals surface area contributed by atoms with Gasteiger partial charge in [0.15, 0.2) is 0 Å². The molecule has 6 heteroatoms. The summed E-state index contributed by atoms with van der Waals surface area (Å²) in [7, 11) is 0. The number of amides is 2. The van der Waals surface area contributed by atoms with Crippen LogP contribution >= 0.6 is 0 Å². The molecule has 4 nitrogen and oxygen atoms in total. The summed E-state index contributed by atoms with van der Waals surface area (Å²) < 4.78 is 5.37. The molecule has 0 heterocycles. The first-order valence-electron chi connectivity index (χ1n) is 15.1. The van der Waals surface area contributed by atoms with Crippen LogP contribution in [0, 0.1) is 6.08 Å². The van der Waals surface area contributed by atoms with E-state index < -0.39 is 17.9 Å². The molecule has 0 atom stereocenters. The molecule has 0 saturated heterocycles. The van der Waals surface area contributed by atoms with Crippen molar-refractivity contribution in [2.45, 2.75) is 26.7 Å². The third-order valence-electron chi connectivity index (χ3n) is 6.41. The predicted molar refractivity (Wildman–Crippen MR) is 191 cm³/mol. The molecule has 2 amide bonds. The van der Waals surface area contributed by atoms with Crippen LogP contribution in [0.15, 0.2) is 158 Å². The van der Waals surface area contributed by atoms with Gasteiger partial charge in [0.25, 0.3) is 0 Å². The number of hydrogen-bond donors (Lipinski definition) is 2. The van der Waals surface area contributed by atoms with E-state index in [-0.39, 0.29) is 38.0 Å². The van der Waals surface area contributed by atoms with Crippen molar-refractivity contribution in [3.8, 4) is 0 Å². The van der Waals surface area contributed by atoms with E-state index in [1.165, 1.54) is 27.1 Å². The molecular weight excluding hydrogens is 701 g/mol. The van der Waals surface area contributed by atoms with Crippen molar-refractivity contribution >= 4 is 57.3 Å². The fourth-order valence-electron chi connectivity index (χ4n) is 3.94. The average molecular weight is 741 g/mol. The summed E-state index contributed by atoms with van der Waals surface area (Å²) >= 11 is -1.05. The van der Waals surface area contributed by atoms with Gasteiger partial charge in [-0.05, 0) is 5.56 Å². The van der Waals surface area contributed by atoms with Crippen LogP contribution in [0.3, 0.4) is 0 Å². The first-order valence-corrected chi connectivity index (χ1v) is 17.5. The van der Waals surface area contributed by atoms with Crippen LogP contribution in [0.2, 0.25) is 0 Å². The van der Waals surface area contributed by atoms with E-state index in [0.717, 1.165) is 5.56 Å². The SMILES string of the molecule is CCC(=O)[NH][Ga][NH]C(=O)CC.[C-](=CC=Cc1ccccc1)c1ccccc1.[Zr+3].c1ccc2[cH-]ccc2c1.c1ccc2[cH-]ccc2c1. The molecule has 228 valence electrons. The van der Waals surface area contributed by atoms with Crippen LogP contribution in [-0.4, -0.2) is 29.7 Å². The second-order valence-corrected chi connectivity index (χ2v) is 11.6. The van der Waals surface area contributed by atoms with Gasteiger partial charge >= 0.3 is 100 Å². The van der Waals surface area contributed by atoms with E-state index in [4.69, 9.17) is 0 Å². The Hall–Kier alpha value is -3.96. The van der Waals surface area contributed by atoms with Crippen molar-refractivity contribution in [1.82, 2.24) is 8.05 Å². The van der Waals surface area contributed by atoms with Gasteiger partial charge in [-0.3, -0.25) is 0 Å². The van der Waals surface area contributed by atoms with Crippen molar-refractivity contribution in [1.29, 1.82) is 0 Å². The molecule has 0 aromatic heterocycles. The number of hydrogen-bond acceptors (Lipinski definition) is 2. The zero-order valence-electron chi connectivity index (χ0n) is 26.4. The molecule has 6 aromatic rings. The Morgan fingerprint density at radius 1 is 0.652 bits per heavy atom. The third kappa shape index (κ3) is 15.4. The Morgan fingerprint density at radius 3 is 1.59 bits per heavy atom. The standard InChI is InChI=1S/C16H13.2C9H7.2C3H7NO.Ga.Zr/c1-3-9-15(10-4-1)13-7-8-14-16-11-5-2-6-12-16;2*1-2-5-9-7-3-6-8(9)4-1;2*1-2-3(4)5;;/h1-13H;2*1-7H;2*2H2,1H3,(H2,4,5);;/q3*-1;;;+2;+3/p-2. The van der Waals surface area contributed by atoms with E-state index in [2.05, 4.69) is 117 Å². The van der Waals surface area contributed by atoms with Crippen molar-refractivity contribution in [3.05, 3.63) is 175 Å². The van der Waals surface area contributed by atoms with Crippen LogP contribution in [0.5, 0.6) is 0 Å². The topological polar surface area (TPSA) is 58.2 Å². The molecule has 0 saturated carbocycles. The molecule has 0 spiro atoms. The Bertz CT molecular complexity index is 1550. The van der Waals surface area contributed by atoms with Gasteiger partial charge in [0, 0.05) is 0 Å². The number of rotatable bonds is 7. The molecule has 0 unspecified atom stereocenters. The Morgan fingerprint density at radius 2 is 1.11 bits per heavy atom. The minimum absolute atomic E-state index is 0. The van der Waals surface area contributed by atoms with Gasteiger partial charge in [-0.25, -0.2) is 0 Å². The molecule has 2 radical (unpaired) electrons. The number of benzene rings is 4. The summed E-state index contributed by atoms with van der Waals surface area (Å²) in [6.45, 7) is 3.57. The van der Waals surface area contributed by atoms with Crippen LogP contribution in [0.25, 0.3) is 27.6 Å². The first kappa shape index (κ1) is 38.2. The second kappa shape index (κ2) is 23.4. The molecule has 0 bridgehead atoms. The van der Waals surface area contributed by atoms with Crippen LogP contribution in [-0.2, 0) is 35.8 Å². The van der Waals surface area contributed by atoms with Crippen molar-refractivity contribution < 1.29 is 35.8 Å². The summed E-state index contributed by atoms with van der Waals surface area (Å²) in [6.07, 6.45) is 10.2. The van der Waals surface area contributed by atoms with Gasteiger partial charge in [0.05, 0.1) is 0 Å². The maximum atomic E-state index is 10.7. The van der Waals surface area contributed by atoms with Gasteiger partial charge in [-0.2, -0.15) is 35.0 Å². The van der Waals surface area contributed by atoms with Crippen LogP contribution in [0.1, 0.15) is 37.8 Å². The average Bonchev–Trinajstić information content (AvgIpc) is 3.78. The van der Waals surface area contributed by atoms with Crippen molar-refractivity contribution in [3.63, 3.8) is 0 Å². The van der Waals surface area contributed by atoms with Gasteiger partial charge in [0.2, 0.25) is 0 Å². The summed E-state index contributed by atoms with van der Waals surface area (Å²) in [5.74, 6) is 0.0304. The predicted octanol–water partition coefficient (Wildman–Crippen LogP) is 8.80. The van der Waals surface area contributed by atoms with Crippen molar-refractivity contribution in [2.24, 2.45) is 0 Å². The minimum atomic E-state index is -1.05. The zero-order chi connectivity index (χ0) is 32.0. The van der Waals surface area contributed by atoms with E-state index in [9.17, 15) is 9.59 Å². The fourth-order valence-corrected chi connectivity index (χ4v) is 5.63. The summed E-state index contributed by atoms with van der Waals surface area (Å²) in [5.41, 5.74) is 2.30. The quantitative estimate of drug-likeness (QED) is 0.0978. The van der Waals surface area contributed by atoms with E-state index in [1.54, 1.807) is 13.8 Å². The maximum absolute atomic E-state index is 10.7. The smallest absolute Gasteiger partial charge is 0.168 e. The summed E-state index contributed by atoms with van der Waals surface area (Å²) in [4.78, 5) is 21.3. The maximum Gasteiger partial charge on any atom is 3.00 e. The zero-order valence-corrected chi connectivity index (χ0v) is 31.3. The number of nitrogens with one attached hydrogen (secondary N) is 2. The third-order valence-corrected chi connectivity index (χ3v) is 8.37. The van der Waals surface area contributed by atoms with Gasteiger partial charge in [0.1, 0.15) is 0 Å². The van der Waals surface area contributed by atoms with E-state index in [1.807, 2.05) is 60.7 Å². The summed E-state index contributed by atoms with van der Waals surface area (Å²) in [5, 5.41) is 5.32. The molecule has 46 heavy (non-hydrogen) atoms. The largest absolute Gasteiger partial charge is 3.00 e. The number of fused-ring (bicyclic) bond motifs is 2. The monoisotopic (exact) mass is 738 g/mol. The number of carbonyl (C=O) groups is 2. The Kier molecular flexibility index (Phi) is 19.4. The fraction of sp³-hybridized carbons (Fsp3) is 0.100. The van der Waals surface area contributed by atoms with Gasteiger partial charge in [-0.15, -0.1) is 107 Å². The molecule has 6 rings (SSSR count). The van der Waals surface area contributed by atoms with Crippen LogP contribution < -0.4 is 8.05 Å². The summed E-state index contributed by atoms with van der Waals surface area (Å²) in [6, 6.07) is 49.7. The van der Waals surface area contributed by atoms with Crippen LogP contribution in [0.4, 0.5) is 0 Å². The molecule has 0 aliphatic carbocycles. The molecule has 2 N–H and O–H groups in total. The Balaban J connectivity index is 0.000000218.